The second-order valence-corrected chi connectivity index (χ2v) is 5.06. The number of thiophene rings is 1. The molecule has 2 nitrogen and oxygen atoms in total. The SMILES string of the molecule is CCCC=Cc1cccc2sc(C(=N)N)cc12.Cl. The van der Waals surface area contributed by atoms with Crippen molar-refractivity contribution in [3.8, 4) is 0 Å². The van der Waals surface area contributed by atoms with E-state index in [1.165, 1.54) is 15.6 Å². The van der Waals surface area contributed by atoms with Crippen LogP contribution in [0.5, 0.6) is 0 Å². The Morgan fingerprint density at radius 3 is 2.89 bits per heavy atom. The lowest BCUT2D eigenvalue weighted by molar-refractivity contribution is 0.962. The summed E-state index contributed by atoms with van der Waals surface area (Å²) >= 11 is 1.58. The largest absolute Gasteiger partial charge is 0.383 e. The van der Waals surface area contributed by atoms with E-state index in [2.05, 4.69) is 31.2 Å². The highest BCUT2D eigenvalue weighted by molar-refractivity contribution is 7.20. The number of halogens is 1. The summed E-state index contributed by atoms with van der Waals surface area (Å²) in [6.07, 6.45) is 6.61. The van der Waals surface area contributed by atoms with Crippen molar-refractivity contribution >= 4 is 45.7 Å². The normalized spacial score (nSPS) is 10.7. The first-order valence-corrected chi connectivity index (χ1v) is 6.57. The summed E-state index contributed by atoms with van der Waals surface area (Å²) in [5, 5.41) is 8.67. The van der Waals surface area contributed by atoms with E-state index in [0.29, 0.717) is 0 Å². The first-order valence-electron chi connectivity index (χ1n) is 5.76. The molecule has 1 heterocycles. The van der Waals surface area contributed by atoms with Crippen LogP contribution in [0.15, 0.2) is 30.3 Å². The van der Waals surface area contributed by atoms with Crippen LogP contribution in [0.2, 0.25) is 0 Å². The number of nitrogens with two attached hydrogens (primary N) is 1. The van der Waals surface area contributed by atoms with Crippen LogP contribution in [-0.2, 0) is 0 Å². The van der Waals surface area contributed by atoms with Crippen molar-refractivity contribution < 1.29 is 0 Å². The van der Waals surface area contributed by atoms with Crippen molar-refractivity contribution in [2.75, 3.05) is 0 Å². The van der Waals surface area contributed by atoms with Crippen molar-refractivity contribution in [1.82, 2.24) is 0 Å². The van der Waals surface area contributed by atoms with Gasteiger partial charge in [0.1, 0.15) is 5.84 Å². The lowest BCUT2D eigenvalue weighted by Gasteiger charge is -1.95. The molecule has 0 saturated heterocycles. The van der Waals surface area contributed by atoms with Gasteiger partial charge in [-0.2, -0.15) is 0 Å². The van der Waals surface area contributed by atoms with Gasteiger partial charge in [-0.25, -0.2) is 0 Å². The van der Waals surface area contributed by atoms with Crippen LogP contribution >= 0.6 is 23.7 Å². The summed E-state index contributed by atoms with van der Waals surface area (Å²) in [6, 6.07) is 8.23. The third-order valence-corrected chi connectivity index (χ3v) is 3.75. The molecule has 0 saturated carbocycles. The van der Waals surface area contributed by atoms with Gasteiger partial charge in [-0.1, -0.05) is 37.6 Å². The van der Waals surface area contributed by atoms with E-state index < -0.39 is 0 Å². The van der Waals surface area contributed by atoms with Crippen LogP contribution in [0.3, 0.4) is 0 Å². The van der Waals surface area contributed by atoms with Crippen molar-refractivity contribution in [3.05, 3.63) is 40.8 Å². The number of fused-ring (bicyclic) bond motifs is 1. The zero-order valence-electron chi connectivity index (χ0n) is 10.3. The van der Waals surface area contributed by atoms with Gasteiger partial charge in [-0.3, -0.25) is 5.41 Å². The maximum absolute atomic E-state index is 7.48. The summed E-state index contributed by atoms with van der Waals surface area (Å²) in [6.45, 7) is 2.17. The van der Waals surface area contributed by atoms with Crippen LogP contribution in [-0.4, -0.2) is 5.84 Å². The molecule has 18 heavy (non-hydrogen) atoms. The highest BCUT2D eigenvalue weighted by Crippen LogP contribution is 2.28. The molecule has 0 aliphatic heterocycles. The molecular weight excluding hydrogens is 264 g/mol. The average molecular weight is 281 g/mol. The van der Waals surface area contributed by atoms with Gasteiger partial charge < -0.3 is 5.73 Å². The van der Waals surface area contributed by atoms with Gasteiger partial charge in [0.15, 0.2) is 0 Å². The van der Waals surface area contributed by atoms with E-state index in [0.717, 1.165) is 17.7 Å². The Bertz CT molecular complexity index is 572. The Hall–Kier alpha value is -1.32. The molecule has 96 valence electrons. The highest BCUT2D eigenvalue weighted by atomic mass is 35.5. The first-order chi connectivity index (χ1) is 8.22. The fourth-order valence-electron chi connectivity index (χ4n) is 1.74. The molecule has 4 heteroatoms. The minimum Gasteiger partial charge on any atom is -0.383 e. The van der Waals surface area contributed by atoms with E-state index in [4.69, 9.17) is 11.1 Å². The molecule has 0 bridgehead atoms. The van der Waals surface area contributed by atoms with Crippen LogP contribution < -0.4 is 5.73 Å². The summed E-state index contributed by atoms with van der Waals surface area (Å²) in [7, 11) is 0. The number of nitrogen functional groups attached to an aromatic ring is 1. The van der Waals surface area contributed by atoms with Crippen molar-refractivity contribution in [3.63, 3.8) is 0 Å². The van der Waals surface area contributed by atoms with Crippen LogP contribution in [0, 0.1) is 5.41 Å². The van der Waals surface area contributed by atoms with Crippen LogP contribution in [0.4, 0.5) is 0 Å². The molecular formula is C14H17ClN2S. The molecule has 1 aromatic carbocycles. The quantitative estimate of drug-likeness (QED) is 0.632. The number of hydrogen-bond acceptors (Lipinski definition) is 2. The van der Waals surface area contributed by atoms with Gasteiger partial charge in [0.05, 0.1) is 4.88 Å². The third kappa shape index (κ3) is 3.12. The van der Waals surface area contributed by atoms with Crippen molar-refractivity contribution in [2.45, 2.75) is 19.8 Å². The predicted molar refractivity (Wildman–Crippen MR) is 84.0 cm³/mol. The maximum atomic E-state index is 7.48. The summed E-state index contributed by atoms with van der Waals surface area (Å²) < 4.78 is 1.19. The molecule has 0 fully saturated rings. The summed E-state index contributed by atoms with van der Waals surface area (Å²) in [4.78, 5) is 0.844. The van der Waals surface area contributed by atoms with E-state index >= 15 is 0 Å². The minimum atomic E-state index is 0. The lowest BCUT2D eigenvalue weighted by Crippen LogP contribution is -2.08. The molecule has 3 N–H and O–H groups in total. The van der Waals surface area contributed by atoms with E-state index in [9.17, 15) is 0 Å². The molecule has 1 aromatic heterocycles. The minimum absolute atomic E-state index is 0. The third-order valence-electron chi connectivity index (χ3n) is 2.61. The lowest BCUT2D eigenvalue weighted by atomic mass is 10.1. The second kappa shape index (κ2) is 6.57. The molecule has 0 aliphatic carbocycles. The van der Waals surface area contributed by atoms with Gasteiger partial charge in [-0.05, 0) is 24.1 Å². The highest BCUT2D eigenvalue weighted by Gasteiger charge is 2.05. The first kappa shape index (κ1) is 14.7. The molecule has 0 unspecified atom stereocenters. The van der Waals surface area contributed by atoms with Gasteiger partial charge in [0.2, 0.25) is 0 Å². The molecule has 2 rings (SSSR count). The van der Waals surface area contributed by atoms with Crippen molar-refractivity contribution in [2.24, 2.45) is 5.73 Å². The van der Waals surface area contributed by atoms with Crippen LogP contribution in [0.1, 0.15) is 30.2 Å². The summed E-state index contributed by atoms with van der Waals surface area (Å²) in [5.41, 5.74) is 6.73. The molecule has 0 spiro atoms. The molecule has 0 atom stereocenters. The Morgan fingerprint density at radius 2 is 2.22 bits per heavy atom. The number of benzene rings is 1. The predicted octanol–water partition coefficient (Wildman–Crippen LogP) is 4.42. The number of unbranched alkanes of at least 4 members (excludes halogenated alkanes) is 1. The van der Waals surface area contributed by atoms with Crippen LogP contribution in [0.25, 0.3) is 16.2 Å². The Balaban J connectivity index is 0.00000162. The fourth-order valence-corrected chi connectivity index (χ4v) is 2.70. The Labute approximate surface area is 117 Å². The average Bonchev–Trinajstić information content (AvgIpc) is 2.74. The Morgan fingerprint density at radius 1 is 1.44 bits per heavy atom. The van der Waals surface area contributed by atoms with E-state index in [-0.39, 0.29) is 18.2 Å². The smallest absolute Gasteiger partial charge is 0.133 e. The second-order valence-electron chi connectivity index (χ2n) is 3.97. The van der Waals surface area contributed by atoms with Gasteiger partial charge >= 0.3 is 0 Å². The molecule has 0 aliphatic rings. The number of hydrogen-bond donors (Lipinski definition) is 2. The molecule has 0 radical (unpaired) electrons. The zero-order chi connectivity index (χ0) is 12.3. The maximum Gasteiger partial charge on any atom is 0.133 e. The monoisotopic (exact) mass is 280 g/mol. The Kier molecular flexibility index (Phi) is 5.38. The molecule has 2 aromatic rings. The zero-order valence-corrected chi connectivity index (χ0v) is 11.9. The number of rotatable bonds is 4. The summed E-state index contributed by atoms with van der Waals surface area (Å²) in [5.74, 6) is 0.148. The molecule has 0 amide bonds. The van der Waals surface area contributed by atoms with E-state index in [1.807, 2.05) is 12.1 Å². The van der Waals surface area contributed by atoms with Crippen molar-refractivity contribution in [1.29, 1.82) is 5.41 Å². The number of amidine groups is 1. The number of allylic oxidation sites excluding steroid dienone is 1. The standard InChI is InChI=1S/C14H16N2S.ClH/c1-2-3-4-6-10-7-5-8-12-11(10)9-13(17-12)14(15)16;/h4-9H,2-3H2,1H3,(H3,15,16);1H. The van der Waals surface area contributed by atoms with Gasteiger partial charge in [0, 0.05) is 10.1 Å². The number of nitrogens with one attached hydrogen (secondary N) is 1. The van der Waals surface area contributed by atoms with E-state index in [1.54, 1.807) is 11.3 Å². The van der Waals surface area contributed by atoms with Gasteiger partial charge in [-0.15, -0.1) is 23.7 Å². The van der Waals surface area contributed by atoms with Gasteiger partial charge in [0.25, 0.3) is 0 Å². The fraction of sp³-hybridized carbons (Fsp3) is 0.214. The topological polar surface area (TPSA) is 49.9 Å².